The standard InChI is InChI=1S/C10H17N3O2S/c1-16(14,15)9-6-12-13(7-9)10-4-2-3-8(10)5-11/h6-8,10H,2-5,11H2,1H3. The Kier molecular flexibility index (Phi) is 3.03. The van der Waals surface area contributed by atoms with Gasteiger partial charge in [0.25, 0.3) is 0 Å². The van der Waals surface area contributed by atoms with E-state index in [1.165, 1.54) is 12.5 Å². The van der Waals surface area contributed by atoms with E-state index >= 15 is 0 Å². The smallest absolute Gasteiger partial charge is 0.178 e. The van der Waals surface area contributed by atoms with Crippen LogP contribution in [-0.2, 0) is 9.84 Å². The summed E-state index contributed by atoms with van der Waals surface area (Å²) in [5, 5.41) is 4.14. The van der Waals surface area contributed by atoms with E-state index < -0.39 is 9.84 Å². The Hall–Kier alpha value is -0.880. The molecule has 16 heavy (non-hydrogen) atoms. The number of hydrogen-bond acceptors (Lipinski definition) is 4. The highest BCUT2D eigenvalue weighted by atomic mass is 32.2. The van der Waals surface area contributed by atoms with E-state index in [9.17, 15) is 8.42 Å². The third kappa shape index (κ3) is 2.12. The maximum absolute atomic E-state index is 11.3. The van der Waals surface area contributed by atoms with E-state index in [2.05, 4.69) is 5.10 Å². The fourth-order valence-electron chi connectivity index (χ4n) is 2.33. The van der Waals surface area contributed by atoms with Gasteiger partial charge in [0.15, 0.2) is 9.84 Å². The zero-order valence-corrected chi connectivity index (χ0v) is 10.2. The average molecular weight is 243 g/mol. The monoisotopic (exact) mass is 243 g/mol. The molecular weight excluding hydrogens is 226 g/mol. The quantitative estimate of drug-likeness (QED) is 0.842. The van der Waals surface area contributed by atoms with Crippen LogP contribution >= 0.6 is 0 Å². The molecule has 5 nitrogen and oxygen atoms in total. The number of hydrogen-bond donors (Lipinski definition) is 1. The van der Waals surface area contributed by atoms with Crippen molar-refractivity contribution in [2.24, 2.45) is 11.7 Å². The van der Waals surface area contributed by atoms with Crippen LogP contribution in [0.3, 0.4) is 0 Å². The second-order valence-corrected chi connectivity index (χ2v) is 6.44. The van der Waals surface area contributed by atoms with Crippen LogP contribution in [0.15, 0.2) is 17.3 Å². The first kappa shape index (κ1) is 11.6. The normalized spacial score (nSPS) is 26.1. The minimum atomic E-state index is -3.15. The van der Waals surface area contributed by atoms with Crippen molar-refractivity contribution in [2.45, 2.75) is 30.2 Å². The molecule has 0 amide bonds. The summed E-state index contributed by atoms with van der Waals surface area (Å²) < 4.78 is 24.4. The first-order valence-electron chi connectivity index (χ1n) is 5.46. The maximum Gasteiger partial charge on any atom is 0.178 e. The van der Waals surface area contributed by atoms with Crippen LogP contribution in [0.25, 0.3) is 0 Å². The van der Waals surface area contributed by atoms with Crippen LogP contribution in [0, 0.1) is 5.92 Å². The third-order valence-corrected chi connectivity index (χ3v) is 4.33. The van der Waals surface area contributed by atoms with Crippen molar-refractivity contribution in [3.8, 4) is 0 Å². The fraction of sp³-hybridized carbons (Fsp3) is 0.700. The lowest BCUT2D eigenvalue weighted by Gasteiger charge is -2.17. The van der Waals surface area contributed by atoms with E-state index in [1.54, 1.807) is 10.9 Å². The van der Waals surface area contributed by atoms with Crippen molar-refractivity contribution >= 4 is 9.84 Å². The van der Waals surface area contributed by atoms with E-state index in [4.69, 9.17) is 5.73 Å². The minimum Gasteiger partial charge on any atom is -0.330 e. The molecule has 2 rings (SSSR count). The first-order valence-corrected chi connectivity index (χ1v) is 7.36. The molecule has 1 fully saturated rings. The molecule has 1 heterocycles. The van der Waals surface area contributed by atoms with Gasteiger partial charge in [0.2, 0.25) is 0 Å². The summed E-state index contributed by atoms with van der Waals surface area (Å²) in [4.78, 5) is 0.287. The van der Waals surface area contributed by atoms with Gasteiger partial charge in [-0.1, -0.05) is 6.42 Å². The lowest BCUT2D eigenvalue weighted by Crippen LogP contribution is -2.21. The van der Waals surface area contributed by atoms with Crippen LogP contribution in [0.5, 0.6) is 0 Å². The minimum absolute atomic E-state index is 0.264. The highest BCUT2D eigenvalue weighted by Crippen LogP contribution is 2.34. The molecule has 0 saturated heterocycles. The first-order chi connectivity index (χ1) is 7.52. The lowest BCUT2D eigenvalue weighted by molar-refractivity contribution is 0.357. The van der Waals surface area contributed by atoms with E-state index in [-0.39, 0.29) is 10.9 Å². The Balaban J connectivity index is 2.25. The molecule has 0 aliphatic heterocycles. The molecule has 1 aliphatic rings. The Morgan fingerprint density at radius 2 is 2.31 bits per heavy atom. The highest BCUT2D eigenvalue weighted by Gasteiger charge is 2.28. The largest absolute Gasteiger partial charge is 0.330 e. The second kappa shape index (κ2) is 4.18. The van der Waals surface area contributed by atoms with E-state index in [0.717, 1.165) is 19.3 Å². The number of aromatic nitrogens is 2. The number of nitrogens with two attached hydrogens (primary N) is 1. The van der Waals surface area contributed by atoms with Gasteiger partial charge in [0.1, 0.15) is 4.90 Å². The van der Waals surface area contributed by atoms with Crippen LogP contribution < -0.4 is 5.73 Å². The van der Waals surface area contributed by atoms with Crippen LogP contribution in [-0.4, -0.2) is 31.0 Å². The SMILES string of the molecule is CS(=O)(=O)c1cnn(C2CCCC2CN)c1. The van der Waals surface area contributed by atoms with Crippen molar-refractivity contribution in [2.75, 3.05) is 12.8 Å². The van der Waals surface area contributed by atoms with Crippen molar-refractivity contribution in [3.63, 3.8) is 0 Å². The molecule has 1 aromatic rings. The van der Waals surface area contributed by atoms with Gasteiger partial charge in [-0.2, -0.15) is 5.10 Å². The zero-order valence-electron chi connectivity index (χ0n) is 9.33. The van der Waals surface area contributed by atoms with Crippen molar-refractivity contribution < 1.29 is 8.42 Å². The van der Waals surface area contributed by atoms with Gasteiger partial charge in [-0.3, -0.25) is 4.68 Å². The molecular formula is C10H17N3O2S. The maximum atomic E-state index is 11.3. The molecule has 2 atom stereocenters. The molecule has 90 valence electrons. The summed E-state index contributed by atoms with van der Waals surface area (Å²) in [5.41, 5.74) is 5.69. The van der Waals surface area contributed by atoms with Crippen molar-refractivity contribution in [1.82, 2.24) is 9.78 Å². The zero-order chi connectivity index (χ0) is 11.8. The third-order valence-electron chi connectivity index (χ3n) is 3.27. The van der Waals surface area contributed by atoms with Crippen LogP contribution in [0.4, 0.5) is 0 Å². The molecule has 1 saturated carbocycles. The van der Waals surface area contributed by atoms with Gasteiger partial charge < -0.3 is 5.73 Å². The van der Waals surface area contributed by atoms with Crippen LogP contribution in [0.1, 0.15) is 25.3 Å². The van der Waals surface area contributed by atoms with E-state index in [1.807, 2.05) is 0 Å². The van der Waals surface area contributed by atoms with Gasteiger partial charge in [0.05, 0.1) is 12.2 Å². The molecule has 0 spiro atoms. The Bertz CT molecular complexity index is 466. The van der Waals surface area contributed by atoms with Crippen molar-refractivity contribution in [1.29, 1.82) is 0 Å². The van der Waals surface area contributed by atoms with Gasteiger partial charge in [-0.05, 0) is 25.3 Å². The Labute approximate surface area is 95.6 Å². The topological polar surface area (TPSA) is 78.0 Å². The average Bonchev–Trinajstić information content (AvgIpc) is 2.84. The number of sulfone groups is 1. The molecule has 1 aromatic heterocycles. The number of nitrogens with zero attached hydrogens (tertiary/aromatic N) is 2. The molecule has 1 aliphatic carbocycles. The summed E-state index contributed by atoms with van der Waals surface area (Å²) in [6.45, 7) is 0.638. The van der Waals surface area contributed by atoms with Crippen LogP contribution in [0.2, 0.25) is 0 Å². The molecule has 6 heteroatoms. The molecule has 0 radical (unpaired) electrons. The van der Waals surface area contributed by atoms with Gasteiger partial charge in [-0.15, -0.1) is 0 Å². The van der Waals surface area contributed by atoms with Crippen molar-refractivity contribution in [3.05, 3.63) is 12.4 Å². The summed E-state index contributed by atoms with van der Waals surface area (Å²) in [5.74, 6) is 0.423. The predicted octanol–water partition coefficient (Wildman–Crippen LogP) is 0.587. The summed E-state index contributed by atoms with van der Waals surface area (Å²) in [6, 6.07) is 0.264. The second-order valence-electron chi connectivity index (χ2n) is 4.42. The summed E-state index contributed by atoms with van der Waals surface area (Å²) in [7, 11) is -3.15. The lowest BCUT2D eigenvalue weighted by atomic mass is 10.0. The summed E-state index contributed by atoms with van der Waals surface area (Å²) in [6.07, 6.45) is 7.52. The van der Waals surface area contributed by atoms with Gasteiger partial charge in [0, 0.05) is 12.5 Å². The Morgan fingerprint density at radius 3 is 2.88 bits per heavy atom. The molecule has 2 unspecified atom stereocenters. The fourth-order valence-corrected chi connectivity index (χ4v) is 2.87. The molecule has 2 N–H and O–H groups in total. The van der Waals surface area contributed by atoms with Gasteiger partial charge in [-0.25, -0.2) is 8.42 Å². The number of rotatable bonds is 3. The Morgan fingerprint density at radius 1 is 1.56 bits per heavy atom. The highest BCUT2D eigenvalue weighted by molar-refractivity contribution is 7.90. The van der Waals surface area contributed by atoms with Gasteiger partial charge >= 0.3 is 0 Å². The summed E-state index contributed by atoms with van der Waals surface area (Å²) >= 11 is 0. The molecule has 0 bridgehead atoms. The molecule has 0 aromatic carbocycles. The predicted molar refractivity (Wildman–Crippen MR) is 60.8 cm³/mol. The van der Waals surface area contributed by atoms with E-state index in [0.29, 0.717) is 12.5 Å².